The molecule has 0 bridgehead atoms. The topological polar surface area (TPSA) is 82.1 Å². The Bertz CT molecular complexity index is 1170. The third kappa shape index (κ3) is 4.68. The van der Waals surface area contributed by atoms with E-state index in [-0.39, 0.29) is 10.8 Å². The molecular formula is C22H26N4O3S2. The summed E-state index contributed by atoms with van der Waals surface area (Å²) in [4.78, 5) is 19.5. The molecule has 0 spiro atoms. The third-order valence-electron chi connectivity index (χ3n) is 5.02. The van der Waals surface area contributed by atoms with Crippen LogP contribution in [0.3, 0.4) is 0 Å². The Morgan fingerprint density at radius 2 is 1.90 bits per heavy atom. The predicted molar refractivity (Wildman–Crippen MR) is 128 cm³/mol. The van der Waals surface area contributed by atoms with Crippen LogP contribution in [0.2, 0.25) is 0 Å². The van der Waals surface area contributed by atoms with Crippen molar-refractivity contribution in [2.75, 3.05) is 26.5 Å². The van der Waals surface area contributed by atoms with E-state index in [1.807, 2.05) is 43.1 Å². The predicted octanol–water partition coefficient (Wildman–Crippen LogP) is 3.91. The Morgan fingerprint density at radius 3 is 2.58 bits per heavy atom. The molecule has 1 N–H and O–H groups in total. The molecule has 3 rings (SSSR count). The number of para-hydroxylation sites is 1. The van der Waals surface area contributed by atoms with Crippen LogP contribution >= 0.6 is 11.8 Å². The molecule has 7 nitrogen and oxygen atoms in total. The number of nitrogens with zero attached hydrogens (tertiary/aromatic N) is 3. The number of benzene rings is 2. The number of anilines is 1. The largest absolute Gasteiger partial charge is 0.325 e. The van der Waals surface area contributed by atoms with Gasteiger partial charge in [-0.1, -0.05) is 42.6 Å². The van der Waals surface area contributed by atoms with Crippen LogP contribution in [0.5, 0.6) is 0 Å². The van der Waals surface area contributed by atoms with Crippen molar-refractivity contribution < 1.29 is 13.2 Å². The number of amides is 1. The summed E-state index contributed by atoms with van der Waals surface area (Å²) in [6, 6.07) is 12.4. The Hall–Kier alpha value is -2.62. The van der Waals surface area contributed by atoms with Crippen LogP contribution in [0.15, 0.2) is 58.9 Å². The van der Waals surface area contributed by atoms with Crippen LogP contribution in [-0.4, -0.2) is 55.1 Å². The van der Waals surface area contributed by atoms with E-state index in [1.54, 1.807) is 13.0 Å². The molecule has 164 valence electrons. The van der Waals surface area contributed by atoms with Crippen molar-refractivity contribution in [1.29, 1.82) is 0 Å². The van der Waals surface area contributed by atoms with Crippen molar-refractivity contribution in [3.63, 3.8) is 0 Å². The number of fused-ring (bicyclic) bond motifs is 1. The second-order valence-electron chi connectivity index (χ2n) is 7.43. The Balaban J connectivity index is 1.79. The molecule has 2 aromatic carbocycles. The molecule has 0 radical (unpaired) electrons. The summed E-state index contributed by atoms with van der Waals surface area (Å²) in [6.45, 7) is 7.74. The van der Waals surface area contributed by atoms with Crippen molar-refractivity contribution in [3.8, 4) is 0 Å². The molecule has 1 amide bonds. The molecule has 0 fully saturated rings. The van der Waals surface area contributed by atoms with Crippen molar-refractivity contribution in [1.82, 2.24) is 9.21 Å². The van der Waals surface area contributed by atoms with Crippen LogP contribution in [0.4, 0.5) is 11.4 Å². The van der Waals surface area contributed by atoms with Gasteiger partial charge in [-0.05, 0) is 37.6 Å². The molecule has 1 aliphatic heterocycles. The van der Waals surface area contributed by atoms with Crippen molar-refractivity contribution in [2.45, 2.75) is 24.0 Å². The number of hydrogen-bond donors (Lipinski definition) is 1. The number of hydrogen-bond acceptors (Lipinski definition) is 6. The fourth-order valence-corrected chi connectivity index (χ4v) is 4.78. The Kier molecular flexibility index (Phi) is 6.59. The molecule has 1 atom stereocenters. The first-order valence-corrected chi connectivity index (χ1v) is 12.0. The molecule has 9 heteroatoms. The van der Waals surface area contributed by atoms with Gasteiger partial charge in [-0.15, -0.1) is 0 Å². The highest BCUT2D eigenvalue weighted by Crippen LogP contribution is 2.35. The van der Waals surface area contributed by atoms with E-state index in [1.165, 1.54) is 38.0 Å². The molecule has 0 saturated heterocycles. The maximum Gasteiger partial charge on any atom is 0.242 e. The summed E-state index contributed by atoms with van der Waals surface area (Å²) in [6.07, 6.45) is 0. The van der Waals surface area contributed by atoms with Crippen LogP contribution in [0.1, 0.15) is 18.1 Å². The normalized spacial score (nSPS) is 14.8. The van der Waals surface area contributed by atoms with E-state index < -0.39 is 15.3 Å². The standard InChI is InChI=1S/C22H26N4O3S2/c1-14-11-12-17(31(28,29)25(4)5)13-20(14)23-21(27)16(3)30-22-24-19-10-8-7-9-18(19)15(2)26(22)6/h7-13,16H,2H2,1,3-6H3,(H,23,27)/t16-/m1/s1. The van der Waals surface area contributed by atoms with Gasteiger partial charge < -0.3 is 10.2 Å². The van der Waals surface area contributed by atoms with Gasteiger partial charge in [0.1, 0.15) is 0 Å². The van der Waals surface area contributed by atoms with Crippen molar-refractivity contribution in [2.24, 2.45) is 4.99 Å². The summed E-state index contributed by atoms with van der Waals surface area (Å²) in [5.74, 6) is -0.243. The number of nitrogens with one attached hydrogen (secondary N) is 1. The molecule has 1 heterocycles. The lowest BCUT2D eigenvalue weighted by Crippen LogP contribution is -2.30. The molecule has 1 aliphatic rings. The number of carbonyl (C=O) groups is 1. The summed E-state index contributed by atoms with van der Waals surface area (Å²) in [7, 11) is 1.22. The molecule has 0 saturated carbocycles. The minimum Gasteiger partial charge on any atom is -0.325 e. The van der Waals surface area contributed by atoms with Gasteiger partial charge in [0.15, 0.2) is 5.17 Å². The van der Waals surface area contributed by atoms with Crippen LogP contribution in [-0.2, 0) is 14.8 Å². The SMILES string of the molecule is C=C1c2ccccc2N=C(S[C@H](C)C(=O)Nc2cc(S(=O)(=O)N(C)C)ccc2C)N1C. The lowest BCUT2D eigenvalue weighted by molar-refractivity contribution is -0.115. The smallest absolute Gasteiger partial charge is 0.242 e. The zero-order valence-corrected chi connectivity index (χ0v) is 19.8. The second kappa shape index (κ2) is 8.86. The van der Waals surface area contributed by atoms with Gasteiger partial charge in [0.25, 0.3) is 0 Å². The first-order valence-electron chi connectivity index (χ1n) is 9.64. The lowest BCUT2D eigenvalue weighted by Gasteiger charge is -2.29. The highest BCUT2D eigenvalue weighted by atomic mass is 32.2. The summed E-state index contributed by atoms with van der Waals surface area (Å²) in [5.41, 5.74) is 3.84. The zero-order valence-electron chi connectivity index (χ0n) is 18.2. The highest BCUT2D eigenvalue weighted by molar-refractivity contribution is 8.14. The molecule has 2 aromatic rings. The summed E-state index contributed by atoms with van der Waals surface area (Å²) < 4.78 is 26.0. The first kappa shape index (κ1) is 23.1. The third-order valence-corrected chi connectivity index (χ3v) is 7.97. The molecule has 0 aromatic heterocycles. The van der Waals surface area contributed by atoms with Gasteiger partial charge >= 0.3 is 0 Å². The van der Waals surface area contributed by atoms with Gasteiger partial charge in [0, 0.05) is 38.1 Å². The first-order chi connectivity index (χ1) is 14.5. The summed E-state index contributed by atoms with van der Waals surface area (Å²) in [5, 5.41) is 3.07. The monoisotopic (exact) mass is 458 g/mol. The number of aliphatic imine (C=N–C) groups is 1. The lowest BCUT2D eigenvalue weighted by atomic mass is 10.1. The van der Waals surface area contributed by atoms with Gasteiger partial charge in [-0.25, -0.2) is 17.7 Å². The number of rotatable bonds is 5. The van der Waals surface area contributed by atoms with Crippen molar-refractivity contribution >= 4 is 49.9 Å². The van der Waals surface area contributed by atoms with E-state index in [0.29, 0.717) is 10.9 Å². The van der Waals surface area contributed by atoms with E-state index in [0.717, 1.165) is 26.8 Å². The van der Waals surface area contributed by atoms with Gasteiger partial charge in [0.2, 0.25) is 15.9 Å². The number of thioether (sulfide) groups is 1. The van der Waals surface area contributed by atoms with E-state index >= 15 is 0 Å². The molecular weight excluding hydrogens is 432 g/mol. The van der Waals surface area contributed by atoms with Crippen LogP contribution in [0.25, 0.3) is 5.70 Å². The van der Waals surface area contributed by atoms with E-state index in [9.17, 15) is 13.2 Å². The fraction of sp³-hybridized carbons (Fsp3) is 0.273. The van der Waals surface area contributed by atoms with Crippen molar-refractivity contribution in [3.05, 3.63) is 60.2 Å². The number of carbonyl (C=O) groups excluding carboxylic acids is 1. The molecule has 0 aliphatic carbocycles. The van der Waals surface area contributed by atoms with Gasteiger partial charge in [0.05, 0.1) is 15.8 Å². The van der Waals surface area contributed by atoms with Crippen LogP contribution in [0, 0.1) is 6.92 Å². The average Bonchev–Trinajstić information content (AvgIpc) is 2.73. The summed E-state index contributed by atoms with van der Waals surface area (Å²) >= 11 is 1.32. The minimum absolute atomic E-state index is 0.128. The average molecular weight is 459 g/mol. The number of sulfonamides is 1. The zero-order chi connectivity index (χ0) is 22.9. The van der Waals surface area contributed by atoms with Gasteiger partial charge in [-0.3, -0.25) is 4.79 Å². The Labute approximate surface area is 187 Å². The highest BCUT2D eigenvalue weighted by Gasteiger charge is 2.26. The minimum atomic E-state index is -3.60. The Morgan fingerprint density at radius 1 is 1.23 bits per heavy atom. The van der Waals surface area contributed by atoms with E-state index in [2.05, 4.69) is 16.9 Å². The molecule has 31 heavy (non-hydrogen) atoms. The second-order valence-corrected chi connectivity index (χ2v) is 10.9. The van der Waals surface area contributed by atoms with Crippen LogP contribution < -0.4 is 5.32 Å². The maximum absolute atomic E-state index is 12.9. The van der Waals surface area contributed by atoms with E-state index in [4.69, 9.17) is 0 Å². The number of aryl methyl sites for hydroxylation is 1. The molecule has 0 unspecified atom stereocenters. The fourth-order valence-electron chi connectivity index (χ4n) is 2.95. The number of amidine groups is 1. The maximum atomic E-state index is 12.9. The quantitative estimate of drug-likeness (QED) is 0.735. The van der Waals surface area contributed by atoms with Gasteiger partial charge in [-0.2, -0.15) is 0 Å².